The summed E-state index contributed by atoms with van der Waals surface area (Å²) in [6.07, 6.45) is 0. The molecule has 0 aliphatic heterocycles. The molecule has 28 heavy (non-hydrogen) atoms. The van der Waals surface area contributed by atoms with Crippen molar-refractivity contribution in [3.05, 3.63) is 65.7 Å². The molecule has 150 valence electrons. The number of sulfonamides is 1. The van der Waals surface area contributed by atoms with Gasteiger partial charge in [0.05, 0.1) is 4.90 Å². The van der Waals surface area contributed by atoms with Crippen molar-refractivity contribution in [3.63, 3.8) is 0 Å². The number of amides is 1. The average molecular weight is 402 g/mol. The van der Waals surface area contributed by atoms with E-state index in [0.29, 0.717) is 6.54 Å². The van der Waals surface area contributed by atoms with Crippen LogP contribution >= 0.6 is 0 Å². The van der Waals surface area contributed by atoms with E-state index in [1.807, 2.05) is 58.0 Å². The van der Waals surface area contributed by atoms with Crippen LogP contribution in [0.4, 0.5) is 0 Å². The molecule has 0 fully saturated rings. The number of hydrogen-bond donors (Lipinski definition) is 1. The average Bonchev–Trinajstić information content (AvgIpc) is 2.64. The lowest BCUT2D eigenvalue weighted by Crippen LogP contribution is -2.47. The number of benzene rings is 2. The van der Waals surface area contributed by atoms with Crippen molar-refractivity contribution >= 4 is 21.6 Å². The van der Waals surface area contributed by atoms with E-state index < -0.39 is 15.6 Å². The smallest absolute Gasteiger partial charge is 0.276 e. The summed E-state index contributed by atoms with van der Waals surface area (Å²) < 4.78 is 24.8. The second-order valence-electron chi connectivity index (χ2n) is 7.65. The third-order valence-corrected chi connectivity index (χ3v) is 5.44. The van der Waals surface area contributed by atoms with E-state index in [0.717, 1.165) is 11.1 Å². The Labute approximate surface area is 167 Å². The Morgan fingerprint density at radius 3 is 2.14 bits per heavy atom. The van der Waals surface area contributed by atoms with Crippen LogP contribution < -0.4 is 4.83 Å². The second kappa shape index (κ2) is 8.56. The molecule has 7 heteroatoms. The Kier molecular flexibility index (Phi) is 6.61. The van der Waals surface area contributed by atoms with E-state index in [1.54, 1.807) is 17.0 Å². The summed E-state index contributed by atoms with van der Waals surface area (Å²) in [6.45, 7) is 9.57. The fraction of sp³-hybridized carbons (Fsp3) is 0.333. The number of rotatable bonds is 6. The van der Waals surface area contributed by atoms with E-state index in [-0.39, 0.29) is 16.5 Å². The Balaban J connectivity index is 2.20. The first kappa shape index (κ1) is 21.6. The highest BCUT2D eigenvalue weighted by Crippen LogP contribution is 2.18. The number of carbonyl (C=O) groups excluding carboxylic acids is 1. The lowest BCUT2D eigenvalue weighted by molar-refractivity contribution is -0.129. The first-order valence-corrected chi connectivity index (χ1v) is 10.5. The van der Waals surface area contributed by atoms with E-state index >= 15 is 0 Å². The highest BCUT2D eigenvalue weighted by Gasteiger charge is 2.28. The number of hydrazone groups is 1. The van der Waals surface area contributed by atoms with Gasteiger partial charge in [-0.1, -0.05) is 48.0 Å². The lowest BCUT2D eigenvalue weighted by Gasteiger charge is -2.35. The Bertz CT molecular complexity index is 945. The van der Waals surface area contributed by atoms with E-state index in [9.17, 15) is 13.2 Å². The summed E-state index contributed by atoms with van der Waals surface area (Å²) in [5.74, 6) is -0.331. The minimum Gasteiger partial charge on any atom is -0.328 e. The van der Waals surface area contributed by atoms with E-state index in [1.165, 1.54) is 19.1 Å². The van der Waals surface area contributed by atoms with Crippen molar-refractivity contribution in [2.45, 2.75) is 51.6 Å². The highest BCUT2D eigenvalue weighted by atomic mass is 32.2. The van der Waals surface area contributed by atoms with Gasteiger partial charge < -0.3 is 4.90 Å². The monoisotopic (exact) mass is 401 g/mol. The van der Waals surface area contributed by atoms with Crippen molar-refractivity contribution in [1.82, 2.24) is 9.73 Å². The molecule has 0 saturated carbocycles. The Hall–Kier alpha value is -2.67. The predicted octanol–water partition coefficient (Wildman–Crippen LogP) is 3.48. The first-order chi connectivity index (χ1) is 13.0. The second-order valence-corrected chi connectivity index (χ2v) is 9.31. The first-order valence-electron chi connectivity index (χ1n) is 8.99. The van der Waals surface area contributed by atoms with Crippen LogP contribution in [0.5, 0.6) is 0 Å². The topological polar surface area (TPSA) is 78.8 Å². The largest absolute Gasteiger partial charge is 0.328 e. The van der Waals surface area contributed by atoms with Gasteiger partial charge in [-0.2, -0.15) is 18.4 Å². The molecule has 0 unspecified atom stereocenters. The van der Waals surface area contributed by atoms with Gasteiger partial charge in [-0.3, -0.25) is 4.79 Å². The van der Waals surface area contributed by atoms with Crippen molar-refractivity contribution in [1.29, 1.82) is 0 Å². The molecule has 0 bridgehead atoms. The molecule has 2 aromatic carbocycles. The van der Waals surface area contributed by atoms with Crippen LogP contribution in [0.3, 0.4) is 0 Å². The van der Waals surface area contributed by atoms with Gasteiger partial charge in [-0.25, -0.2) is 0 Å². The molecule has 0 atom stereocenters. The summed E-state index contributed by atoms with van der Waals surface area (Å²) in [4.78, 5) is 16.9. The van der Waals surface area contributed by atoms with Crippen LogP contribution in [0.2, 0.25) is 0 Å². The van der Waals surface area contributed by atoms with Gasteiger partial charge in [-0.15, -0.1) is 0 Å². The molecule has 0 saturated heterocycles. The summed E-state index contributed by atoms with van der Waals surface area (Å²) in [5.41, 5.74) is 1.55. The maximum Gasteiger partial charge on any atom is 0.276 e. The number of nitrogens with one attached hydrogen (secondary N) is 1. The predicted molar refractivity (Wildman–Crippen MR) is 111 cm³/mol. The van der Waals surface area contributed by atoms with Crippen LogP contribution in [0.1, 0.15) is 38.8 Å². The molecule has 2 aromatic rings. The molecular weight excluding hydrogens is 374 g/mol. The minimum atomic E-state index is -3.83. The van der Waals surface area contributed by atoms with Crippen LogP contribution in [-0.2, 0) is 21.4 Å². The Morgan fingerprint density at radius 2 is 1.61 bits per heavy atom. The van der Waals surface area contributed by atoms with Crippen LogP contribution in [0, 0.1) is 6.92 Å². The van der Waals surface area contributed by atoms with Gasteiger partial charge >= 0.3 is 0 Å². The maximum atomic E-state index is 13.0. The van der Waals surface area contributed by atoms with Gasteiger partial charge in [0.15, 0.2) is 0 Å². The normalized spacial score (nSPS) is 12.5. The number of aryl methyl sites for hydroxylation is 1. The molecule has 2 rings (SSSR count). The molecule has 1 N–H and O–H groups in total. The Morgan fingerprint density at radius 1 is 1.04 bits per heavy atom. The van der Waals surface area contributed by atoms with Crippen LogP contribution in [0.15, 0.2) is 64.6 Å². The fourth-order valence-electron chi connectivity index (χ4n) is 2.52. The van der Waals surface area contributed by atoms with Gasteiger partial charge in [0.1, 0.15) is 5.71 Å². The quantitative estimate of drug-likeness (QED) is 0.594. The maximum absolute atomic E-state index is 13.0. The SMILES string of the molecule is C/C(=N\NS(=O)(=O)c1ccc(C)cc1)C(=O)N(Cc1ccccc1)C(C)(C)C. The van der Waals surface area contributed by atoms with E-state index in [4.69, 9.17) is 0 Å². The fourth-order valence-corrected chi connectivity index (χ4v) is 3.38. The van der Waals surface area contributed by atoms with Gasteiger partial charge in [-0.05, 0) is 52.3 Å². The summed E-state index contributed by atoms with van der Waals surface area (Å²) >= 11 is 0. The van der Waals surface area contributed by atoms with Gasteiger partial charge in [0, 0.05) is 12.1 Å². The molecular formula is C21H27N3O3S. The molecule has 0 aromatic heterocycles. The molecule has 0 aliphatic rings. The zero-order valence-corrected chi connectivity index (χ0v) is 17.7. The van der Waals surface area contributed by atoms with Gasteiger partial charge in [0.25, 0.3) is 15.9 Å². The molecule has 1 amide bonds. The summed E-state index contributed by atoms with van der Waals surface area (Å²) in [5, 5.41) is 3.86. The zero-order valence-electron chi connectivity index (χ0n) is 16.9. The zero-order chi connectivity index (χ0) is 20.9. The summed E-state index contributed by atoms with van der Waals surface area (Å²) in [7, 11) is -3.83. The van der Waals surface area contributed by atoms with Crippen molar-refractivity contribution in [2.24, 2.45) is 5.10 Å². The molecule has 0 heterocycles. The summed E-state index contributed by atoms with van der Waals surface area (Å²) in [6, 6.07) is 16.0. The molecule has 6 nitrogen and oxygen atoms in total. The van der Waals surface area contributed by atoms with Crippen LogP contribution in [0.25, 0.3) is 0 Å². The standard InChI is InChI=1S/C21H27N3O3S/c1-16-11-13-19(14-12-16)28(26,27)23-22-17(2)20(25)24(21(3,4)5)15-18-9-7-6-8-10-18/h6-14,23H,15H2,1-5H3/b22-17+. The highest BCUT2D eigenvalue weighted by molar-refractivity contribution is 7.89. The van der Waals surface area contributed by atoms with Crippen molar-refractivity contribution in [2.75, 3.05) is 0 Å². The van der Waals surface area contributed by atoms with Crippen molar-refractivity contribution in [3.8, 4) is 0 Å². The van der Waals surface area contributed by atoms with E-state index in [2.05, 4.69) is 9.93 Å². The minimum absolute atomic E-state index is 0.0709. The molecule has 0 radical (unpaired) electrons. The lowest BCUT2D eigenvalue weighted by atomic mass is 10.0. The number of hydrogen-bond acceptors (Lipinski definition) is 4. The van der Waals surface area contributed by atoms with Crippen LogP contribution in [-0.4, -0.2) is 30.5 Å². The number of nitrogens with zero attached hydrogens (tertiary/aromatic N) is 2. The van der Waals surface area contributed by atoms with Gasteiger partial charge in [0.2, 0.25) is 0 Å². The third-order valence-electron chi connectivity index (χ3n) is 4.21. The third kappa shape index (κ3) is 5.66. The number of carbonyl (C=O) groups is 1. The van der Waals surface area contributed by atoms with Crippen molar-refractivity contribution < 1.29 is 13.2 Å². The molecule has 0 spiro atoms. The molecule has 0 aliphatic carbocycles.